The summed E-state index contributed by atoms with van der Waals surface area (Å²) in [6.07, 6.45) is 3.76. The summed E-state index contributed by atoms with van der Waals surface area (Å²) in [4.78, 5) is 42.3. The van der Waals surface area contributed by atoms with Gasteiger partial charge in [-0.15, -0.1) is 0 Å². The number of hydrogen-bond acceptors (Lipinski definition) is 8. The number of ketones is 2. The van der Waals surface area contributed by atoms with Crippen molar-refractivity contribution in [2.24, 2.45) is 0 Å². The molecule has 16 heteroatoms. The summed E-state index contributed by atoms with van der Waals surface area (Å²) in [5.41, 5.74) is 0. The quantitative estimate of drug-likeness (QED) is 0.109. The number of halogens is 8. The maximum Gasteiger partial charge on any atom is 0.411 e. The van der Waals surface area contributed by atoms with Gasteiger partial charge in [-0.2, -0.15) is 35.1 Å². The minimum Gasteiger partial charge on any atom is -0.434 e. The van der Waals surface area contributed by atoms with Crippen LogP contribution < -0.4 is 0 Å². The minimum atomic E-state index is -5.20. The molecule has 0 aliphatic rings. The largest absolute Gasteiger partial charge is 0.434 e. The molecule has 0 unspecified atom stereocenters. The third-order valence-electron chi connectivity index (χ3n) is 4.27. The van der Waals surface area contributed by atoms with E-state index in [4.69, 9.17) is 0 Å². The Morgan fingerprint density at radius 2 is 0.865 bits per heavy atom. The Balaban J connectivity index is 0. The fourth-order valence-electron chi connectivity index (χ4n) is 1.89. The Morgan fingerprint density at radius 1 is 0.541 bits per heavy atom. The van der Waals surface area contributed by atoms with Crippen LogP contribution in [-0.4, -0.2) is 74.0 Å². The standard InChI is InChI=1S/C11H16F4O4.C10H14F4O4/c1-3-4-5-6-18-7-19-9(17)11(14,15)10(12,13)8(2)16;1-3-4-5-17-6-18-8(16)10(13,14)9(11,12)7(2)15/h3-7H2,1-2H3;3-6H2,1-2H3. The molecule has 0 saturated carbocycles. The lowest BCUT2D eigenvalue weighted by Crippen LogP contribution is -2.52. The van der Waals surface area contributed by atoms with Crippen molar-refractivity contribution >= 4 is 23.5 Å². The molecule has 0 fully saturated rings. The van der Waals surface area contributed by atoms with Crippen LogP contribution in [0.15, 0.2) is 0 Å². The minimum absolute atomic E-state index is 0.151. The third kappa shape index (κ3) is 11.3. The zero-order chi connectivity index (χ0) is 29.5. The van der Waals surface area contributed by atoms with Gasteiger partial charge in [0.2, 0.25) is 11.6 Å². The smallest absolute Gasteiger partial charge is 0.411 e. The molecule has 37 heavy (non-hydrogen) atoms. The molecule has 0 amide bonds. The second kappa shape index (κ2) is 16.5. The van der Waals surface area contributed by atoms with Gasteiger partial charge >= 0.3 is 35.6 Å². The molecule has 0 N–H and O–H groups in total. The molecule has 0 bridgehead atoms. The zero-order valence-electron chi connectivity index (χ0n) is 20.7. The topological polar surface area (TPSA) is 105 Å². The first-order valence-corrected chi connectivity index (χ1v) is 10.9. The van der Waals surface area contributed by atoms with Gasteiger partial charge in [0.1, 0.15) is 0 Å². The van der Waals surface area contributed by atoms with Crippen LogP contribution in [0.25, 0.3) is 0 Å². The number of carbonyl (C=O) groups excluding carboxylic acids is 4. The van der Waals surface area contributed by atoms with E-state index in [1.165, 1.54) is 0 Å². The summed E-state index contributed by atoms with van der Waals surface area (Å²) >= 11 is 0. The average Bonchev–Trinajstić information content (AvgIpc) is 2.80. The van der Waals surface area contributed by atoms with Crippen LogP contribution in [0.1, 0.15) is 59.8 Å². The van der Waals surface area contributed by atoms with Crippen LogP contribution in [-0.2, 0) is 38.1 Å². The van der Waals surface area contributed by atoms with Crippen LogP contribution in [0.5, 0.6) is 0 Å². The van der Waals surface area contributed by atoms with Crippen molar-refractivity contribution in [1.82, 2.24) is 0 Å². The molecule has 0 radical (unpaired) electrons. The van der Waals surface area contributed by atoms with Gasteiger partial charge in [-0.1, -0.05) is 33.1 Å². The first-order chi connectivity index (χ1) is 16.8. The van der Waals surface area contributed by atoms with Crippen LogP contribution >= 0.6 is 0 Å². The number of Topliss-reactive ketones (excluding diaryl/α,β-unsaturated/α-hetero) is 2. The summed E-state index contributed by atoms with van der Waals surface area (Å²) in [5.74, 6) is -29.8. The summed E-state index contributed by atoms with van der Waals surface area (Å²) < 4.78 is 120. The molecule has 0 rings (SSSR count). The van der Waals surface area contributed by atoms with E-state index in [2.05, 4.69) is 18.9 Å². The van der Waals surface area contributed by atoms with Crippen LogP contribution in [0, 0.1) is 0 Å². The van der Waals surface area contributed by atoms with Crippen molar-refractivity contribution in [3.63, 3.8) is 0 Å². The molecule has 8 nitrogen and oxygen atoms in total. The Kier molecular flexibility index (Phi) is 16.4. The number of esters is 2. The Labute approximate surface area is 207 Å². The Morgan fingerprint density at radius 3 is 1.16 bits per heavy atom. The van der Waals surface area contributed by atoms with E-state index in [-0.39, 0.29) is 27.1 Å². The van der Waals surface area contributed by atoms with Gasteiger partial charge in [-0.3, -0.25) is 9.59 Å². The fourth-order valence-corrected chi connectivity index (χ4v) is 1.89. The molecule has 0 aliphatic heterocycles. The first kappa shape index (κ1) is 36.8. The lowest BCUT2D eigenvalue weighted by atomic mass is 10.1. The second-order valence-electron chi connectivity index (χ2n) is 7.39. The predicted octanol–water partition coefficient (Wildman–Crippen LogP) is 4.72. The van der Waals surface area contributed by atoms with Crippen LogP contribution in [0.3, 0.4) is 0 Å². The SMILES string of the molecule is CCCCCOCOC(=O)C(F)(F)C(F)(F)C(C)=O.CCCCOCOC(=O)C(F)(F)C(F)(F)C(C)=O. The van der Waals surface area contributed by atoms with E-state index in [0.29, 0.717) is 12.8 Å². The van der Waals surface area contributed by atoms with Crippen molar-refractivity contribution in [2.75, 3.05) is 26.8 Å². The van der Waals surface area contributed by atoms with Crippen molar-refractivity contribution in [3.05, 3.63) is 0 Å². The molecular weight excluding hydrogens is 532 g/mol. The van der Waals surface area contributed by atoms with Gasteiger partial charge in [0.15, 0.2) is 13.6 Å². The highest BCUT2D eigenvalue weighted by Crippen LogP contribution is 2.37. The van der Waals surface area contributed by atoms with Crippen molar-refractivity contribution in [2.45, 2.75) is 83.5 Å². The lowest BCUT2D eigenvalue weighted by molar-refractivity contribution is -0.230. The van der Waals surface area contributed by atoms with E-state index in [1.54, 1.807) is 0 Å². The Bertz CT molecular complexity index is 744. The maximum absolute atomic E-state index is 13.0. The number of carbonyl (C=O) groups is 4. The highest BCUT2D eigenvalue weighted by Gasteiger charge is 2.67. The fraction of sp³-hybridized carbons (Fsp3) is 0.810. The van der Waals surface area contributed by atoms with E-state index in [9.17, 15) is 54.3 Å². The van der Waals surface area contributed by atoms with Gasteiger partial charge < -0.3 is 18.9 Å². The number of unbranched alkanes of at least 4 members (excludes halogenated alkanes) is 3. The number of alkyl halides is 8. The monoisotopic (exact) mass is 562 g/mol. The summed E-state index contributed by atoms with van der Waals surface area (Å²) in [6.45, 7) is 2.91. The van der Waals surface area contributed by atoms with Gasteiger partial charge in [0.25, 0.3) is 0 Å². The molecule has 0 aromatic heterocycles. The van der Waals surface area contributed by atoms with Crippen LogP contribution in [0.4, 0.5) is 35.1 Å². The third-order valence-corrected chi connectivity index (χ3v) is 4.27. The summed E-state index contributed by atoms with van der Waals surface area (Å²) in [7, 11) is 0. The van der Waals surface area contributed by atoms with Gasteiger partial charge in [-0.25, -0.2) is 9.59 Å². The van der Waals surface area contributed by atoms with Crippen molar-refractivity contribution < 1.29 is 73.2 Å². The zero-order valence-corrected chi connectivity index (χ0v) is 20.7. The number of rotatable bonds is 17. The van der Waals surface area contributed by atoms with Gasteiger partial charge in [0.05, 0.1) is 13.2 Å². The molecule has 218 valence electrons. The highest BCUT2D eigenvalue weighted by molar-refractivity contribution is 5.93. The maximum atomic E-state index is 13.0. The van der Waals surface area contributed by atoms with E-state index < -0.39 is 60.8 Å². The summed E-state index contributed by atoms with van der Waals surface area (Å²) in [6, 6.07) is 0. The molecule has 0 aromatic carbocycles. The molecular formula is C21H30F8O8. The molecule has 0 atom stereocenters. The molecule has 0 aromatic rings. The average molecular weight is 562 g/mol. The van der Waals surface area contributed by atoms with E-state index in [0.717, 1.165) is 19.3 Å². The highest BCUT2D eigenvalue weighted by atomic mass is 19.3. The van der Waals surface area contributed by atoms with Gasteiger partial charge in [-0.05, 0) is 12.8 Å². The van der Waals surface area contributed by atoms with Crippen molar-refractivity contribution in [1.29, 1.82) is 0 Å². The molecule has 0 spiro atoms. The van der Waals surface area contributed by atoms with E-state index in [1.807, 2.05) is 13.8 Å². The number of ether oxygens (including phenoxy) is 4. The molecule has 0 saturated heterocycles. The second-order valence-corrected chi connectivity index (χ2v) is 7.39. The van der Waals surface area contributed by atoms with Crippen LogP contribution in [0.2, 0.25) is 0 Å². The summed E-state index contributed by atoms with van der Waals surface area (Å²) in [5, 5.41) is 0. The normalized spacial score (nSPS) is 12.3. The molecule has 0 heterocycles. The number of hydrogen-bond donors (Lipinski definition) is 0. The molecule has 0 aliphatic carbocycles. The first-order valence-electron chi connectivity index (χ1n) is 10.9. The Hall–Kier alpha value is -2.36. The van der Waals surface area contributed by atoms with Gasteiger partial charge in [0, 0.05) is 13.8 Å². The lowest BCUT2D eigenvalue weighted by Gasteiger charge is -2.22. The van der Waals surface area contributed by atoms with Crippen molar-refractivity contribution in [3.8, 4) is 0 Å². The predicted molar refractivity (Wildman–Crippen MR) is 109 cm³/mol. The van der Waals surface area contributed by atoms with E-state index >= 15 is 0 Å².